The first-order chi connectivity index (χ1) is 9.80. The maximum Gasteiger partial charge on any atom is 0.0672 e. The molecule has 0 bridgehead atoms. The summed E-state index contributed by atoms with van der Waals surface area (Å²) >= 11 is 0. The molecule has 1 aliphatic carbocycles. The van der Waals surface area contributed by atoms with Crippen molar-refractivity contribution in [2.24, 2.45) is 11.8 Å². The molecule has 0 spiro atoms. The summed E-state index contributed by atoms with van der Waals surface area (Å²) in [5, 5.41) is 9.55. The van der Waals surface area contributed by atoms with E-state index in [1.807, 2.05) is 0 Å². The van der Waals surface area contributed by atoms with Crippen LogP contribution in [-0.2, 0) is 0 Å². The second-order valence-electron chi connectivity index (χ2n) is 6.95. The van der Waals surface area contributed by atoms with Crippen LogP contribution in [0.15, 0.2) is 0 Å². The maximum absolute atomic E-state index is 9.55. The van der Waals surface area contributed by atoms with Gasteiger partial charge in [-0.1, -0.05) is 39.5 Å². The van der Waals surface area contributed by atoms with E-state index >= 15 is 0 Å². The van der Waals surface area contributed by atoms with E-state index in [-0.39, 0.29) is 0 Å². The van der Waals surface area contributed by atoms with Crippen molar-refractivity contribution in [1.29, 1.82) is 5.26 Å². The van der Waals surface area contributed by atoms with E-state index in [1.54, 1.807) is 0 Å². The maximum atomic E-state index is 9.55. The van der Waals surface area contributed by atoms with E-state index in [1.165, 1.54) is 64.3 Å². The van der Waals surface area contributed by atoms with E-state index < -0.39 is 0 Å². The van der Waals surface area contributed by atoms with Gasteiger partial charge in [-0.25, -0.2) is 0 Å². The highest BCUT2D eigenvalue weighted by molar-refractivity contribution is 4.99. The van der Waals surface area contributed by atoms with Crippen LogP contribution in [0.4, 0.5) is 0 Å². The molecule has 2 heteroatoms. The van der Waals surface area contributed by atoms with Crippen LogP contribution in [0.1, 0.15) is 78.1 Å². The number of hydrogen-bond acceptors (Lipinski definition) is 2. The average molecular weight is 276 g/mol. The molecule has 0 aromatic rings. The smallest absolute Gasteiger partial charge is 0.0672 e. The first-order valence-corrected chi connectivity index (χ1v) is 8.95. The van der Waals surface area contributed by atoms with Gasteiger partial charge in [0.25, 0.3) is 0 Å². The minimum absolute atomic E-state index is 0.292. The Bertz CT molecular complexity index is 318. The number of rotatable bonds is 5. The lowest BCUT2D eigenvalue weighted by Gasteiger charge is -2.46. The second-order valence-corrected chi connectivity index (χ2v) is 6.95. The molecule has 0 radical (unpaired) electrons. The van der Waals surface area contributed by atoms with Gasteiger partial charge in [-0.15, -0.1) is 0 Å². The van der Waals surface area contributed by atoms with Gasteiger partial charge in [0, 0.05) is 12.1 Å². The molecule has 114 valence electrons. The Balaban J connectivity index is 2.06. The van der Waals surface area contributed by atoms with Gasteiger partial charge >= 0.3 is 0 Å². The van der Waals surface area contributed by atoms with E-state index in [9.17, 15) is 5.26 Å². The van der Waals surface area contributed by atoms with Gasteiger partial charge in [0.1, 0.15) is 0 Å². The molecular weight excluding hydrogens is 244 g/mol. The molecule has 2 rings (SSSR count). The summed E-state index contributed by atoms with van der Waals surface area (Å²) in [5.41, 5.74) is 0. The van der Waals surface area contributed by atoms with E-state index in [0.717, 1.165) is 18.4 Å². The molecule has 4 unspecified atom stereocenters. The molecule has 1 heterocycles. The van der Waals surface area contributed by atoms with E-state index in [0.29, 0.717) is 12.0 Å². The van der Waals surface area contributed by atoms with Crippen molar-refractivity contribution in [3.8, 4) is 6.07 Å². The van der Waals surface area contributed by atoms with Crippen molar-refractivity contribution in [3.63, 3.8) is 0 Å². The highest BCUT2D eigenvalue weighted by atomic mass is 15.2. The molecule has 2 fully saturated rings. The molecule has 1 saturated carbocycles. The molecule has 0 aromatic carbocycles. The highest BCUT2D eigenvalue weighted by Gasteiger charge is 2.37. The van der Waals surface area contributed by atoms with Crippen LogP contribution in [0.3, 0.4) is 0 Å². The van der Waals surface area contributed by atoms with Gasteiger partial charge in [0.05, 0.1) is 12.0 Å². The summed E-state index contributed by atoms with van der Waals surface area (Å²) in [7, 11) is 0. The Labute approximate surface area is 125 Å². The van der Waals surface area contributed by atoms with Crippen molar-refractivity contribution in [3.05, 3.63) is 0 Å². The molecule has 0 N–H and O–H groups in total. The number of nitrogens with zero attached hydrogens (tertiary/aromatic N) is 2. The fraction of sp³-hybridized carbons (Fsp3) is 0.944. The molecule has 1 aliphatic heterocycles. The van der Waals surface area contributed by atoms with Crippen LogP contribution in [0.25, 0.3) is 0 Å². The minimum Gasteiger partial charge on any atom is -0.296 e. The molecule has 2 nitrogen and oxygen atoms in total. The van der Waals surface area contributed by atoms with Gasteiger partial charge in [-0.2, -0.15) is 5.26 Å². The third-order valence-corrected chi connectivity index (χ3v) is 5.51. The summed E-state index contributed by atoms with van der Waals surface area (Å²) < 4.78 is 0. The third kappa shape index (κ3) is 3.76. The van der Waals surface area contributed by atoms with E-state index in [2.05, 4.69) is 24.8 Å². The lowest BCUT2D eigenvalue weighted by atomic mass is 9.75. The average Bonchev–Trinajstić information content (AvgIpc) is 2.48. The highest BCUT2D eigenvalue weighted by Crippen LogP contribution is 2.37. The van der Waals surface area contributed by atoms with Crippen LogP contribution in [0.5, 0.6) is 0 Å². The number of hydrogen-bond donors (Lipinski definition) is 0. The predicted molar refractivity (Wildman–Crippen MR) is 84.4 cm³/mol. The van der Waals surface area contributed by atoms with Crippen LogP contribution >= 0.6 is 0 Å². The molecule has 20 heavy (non-hydrogen) atoms. The summed E-state index contributed by atoms with van der Waals surface area (Å²) in [6, 6.07) is 3.95. The van der Waals surface area contributed by atoms with Crippen LogP contribution < -0.4 is 0 Å². The lowest BCUT2D eigenvalue weighted by molar-refractivity contribution is 0.0332. The Hall–Kier alpha value is -0.550. The van der Waals surface area contributed by atoms with Gasteiger partial charge in [-0.05, 0) is 51.0 Å². The quantitative estimate of drug-likeness (QED) is 0.724. The second kappa shape index (κ2) is 8.03. The fourth-order valence-electron chi connectivity index (χ4n) is 4.52. The van der Waals surface area contributed by atoms with Crippen molar-refractivity contribution >= 4 is 0 Å². The summed E-state index contributed by atoms with van der Waals surface area (Å²) in [6.45, 7) is 5.84. The van der Waals surface area contributed by atoms with Crippen LogP contribution in [-0.4, -0.2) is 23.5 Å². The fourth-order valence-corrected chi connectivity index (χ4v) is 4.52. The zero-order valence-corrected chi connectivity index (χ0v) is 13.5. The van der Waals surface area contributed by atoms with Gasteiger partial charge < -0.3 is 0 Å². The van der Waals surface area contributed by atoms with Crippen molar-refractivity contribution in [2.45, 2.75) is 90.1 Å². The Kier molecular flexibility index (Phi) is 6.36. The summed E-state index contributed by atoms with van der Waals surface area (Å²) in [5.74, 6) is 1.17. The van der Waals surface area contributed by atoms with Crippen LogP contribution in [0, 0.1) is 23.2 Å². The van der Waals surface area contributed by atoms with Gasteiger partial charge in [-0.3, -0.25) is 4.90 Å². The molecule has 1 saturated heterocycles. The molecule has 0 aromatic heterocycles. The van der Waals surface area contributed by atoms with Crippen molar-refractivity contribution in [1.82, 2.24) is 4.90 Å². The standard InChI is InChI=1S/C18H32N2/c1-3-7-15-10-11-16(14-19)18(13-15)20-12-6-5-9-17(20)8-4-2/h15-18H,3-13H2,1-2H3. The number of piperidine rings is 1. The summed E-state index contributed by atoms with van der Waals surface area (Å²) in [6.07, 6.45) is 13.1. The molecular formula is C18H32N2. The zero-order valence-electron chi connectivity index (χ0n) is 13.5. The summed E-state index contributed by atoms with van der Waals surface area (Å²) in [4.78, 5) is 2.75. The first-order valence-electron chi connectivity index (χ1n) is 8.95. The Morgan fingerprint density at radius 3 is 2.55 bits per heavy atom. The minimum atomic E-state index is 0.292. The van der Waals surface area contributed by atoms with Crippen molar-refractivity contribution in [2.75, 3.05) is 6.54 Å². The first kappa shape index (κ1) is 15.8. The largest absolute Gasteiger partial charge is 0.296 e. The molecule has 0 amide bonds. The predicted octanol–water partition coefficient (Wildman–Crippen LogP) is 4.75. The van der Waals surface area contributed by atoms with Crippen LogP contribution in [0.2, 0.25) is 0 Å². The van der Waals surface area contributed by atoms with Gasteiger partial charge in [0.15, 0.2) is 0 Å². The monoisotopic (exact) mass is 276 g/mol. The number of likely N-dealkylation sites (tertiary alicyclic amines) is 1. The lowest BCUT2D eigenvalue weighted by Crippen LogP contribution is -2.51. The van der Waals surface area contributed by atoms with Gasteiger partial charge in [0.2, 0.25) is 0 Å². The Morgan fingerprint density at radius 2 is 1.85 bits per heavy atom. The third-order valence-electron chi connectivity index (χ3n) is 5.51. The Morgan fingerprint density at radius 1 is 1.05 bits per heavy atom. The normalized spacial score (nSPS) is 35.6. The SMILES string of the molecule is CCCC1CCC(C#N)C(N2CCCCC2CCC)C1. The zero-order chi connectivity index (χ0) is 14.4. The number of nitriles is 1. The molecule has 4 atom stereocenters. The topological polar surface area (TPSA) is 27.0 Å². The molecule has 2 aliphatic rings. The van der Waals surface area contributed by atoms with Crippen molar-refractivity contribution < 1.29 is 0 Å². The van der Waals surface area contributed by atoms with E-state index in [4.69, 9.17) is 0 Å².